The first-order valence-electron chi connectivity index (χ1n) is 8.40. The largest absolute Gasteiger partial charge is 0.489 e. The number of hydrogen-bond acceptors (Lipinski definition) is 3. The van der Waals surface area contributed by atoms with Crippen molar-refractivity contribution in [2.24, 2.45) is 0 Å². The maximum absolute atomic E-state index is 12.6. The molecule has 0 aliphatic carbocycles. The summed E-state index contributed by atoms with van der Waals surface area (Å²) in [6.07, 6.45) is 1.61. The maximum Gasteiger partial charge on any atom is 0.231 e. The second-order valence-corrected chi connectivity index (χ2v) is 7.94. The van der Waals surface area contributed by atoms with Crippen LogP contribution in [0.3, 0.4) is 0 Å². The second-order valence-electron chi connectivity index (χ2n) is 6.18. The van der Waals surface area contributed by atoms with E-state index in [1.807, 2.05) is 24.3 Å². The van der Waals surface area contributed by atoms with Gasteiger partial charge < -0.3 is 9.47 Å². The van der Waals surface area contributed by atoms with Crippen LogP contribution in [0, 0.1) is 0 Å². The Hall–Kier alpha value is -2.27. The predicted molar refractivity (Wildman–Crippen MR) is 114 cm³/mol. The van der Waals surface area contributed by atoms with Gasteiger partial charge in [0.15, 0.2) is 5.76 Å². The first-order valence-corrected chi connectivity index (χ1v) is 9.95. The van der Waals surface area contributed by atoms with E-state index in [4.69, 9.17) is 32.7 Å². The van der Waals surface area contributed by atoms with Gasteiger partial charge in [-0.1, -0.05) is 57.3 Å². The number of Topliss-reactive ketones (excluding diaryl/α,β-unsaturated/α-hetero) is 1. The van der Waals surface area contributed by atoms with Gasteiger partial charge in [0, 0.05) is 20.6 Å². The van der Waals surface area contributed by atoms with Gasteiger partial charge in [0.1, 0.15) is 18.1 Å². The van der Waals surface area contributed by atoms with Crippen molar-refractivity contribution in [1.29, 1.82) is 0 Å². The molecule has 0 saturated heterocycles. The Morgan fingerprint density at radius 1 is 1.00 bits per heavy atom. The number of ketones is 1. The van der Waals surface area contributed by atoms with Gasteiger partial charge in [-0.15, -0.1) is 0 Å². The monoisotopic (exact) mass is 474 g/mol. The summed E-state index contributed by atoms with van der Waals surface area (Å²) in [4.78, 5) is 12.6. The standard InChI is InChI=1S/C22H13BrCl2O3/c23-15-4-1-13(2-5-15)12-27-17-7-8-18-20(11-17)28-21(22(18)26)9-14-3-6-16(24)10-19(14)25/h1-11H,12H2. The number of fused-ring (bicyclic) bond motifs is 1. The number of carbonyl (C=O) groups is 1. The smallest absolute Gasteiger partial charge is 0.231 e. The van der Waals surface area contributed by atoms with Gasteiger partial charge in [-0.05, 0) is 53.6 Å². The molecule has 0 unspecified atom stereocenters. The minimum atomic E-state index is -0.194. The van der Waals surface area contributed by atoms with Crippen molar-refractivity contribution in [2.45, 2.75) is 6.61 Å². The topological polar surface area (TPSA) is 35.5 Å². The fourth-order valence-corrected chi connectivity index (χ4v) is 3.49. The van der Waals surface area contributed by atoms with Crippen molar-refractivity contribution in [2.75, 3.05) is 0 Å². The molecule has 0 N–H and O–H groups in total. The number of halogens is 3. The second kappa shape index (κ2) is 8.00. The SMILES string of the molecule is O=C1C(=Cc2ccc(Cl)cc2Cl)Oc2cc(OCc3ccc(Br)cc3)ccc21. The van der Waals surface area contributed by atoms with E-state index < -0.39 is 0 Å². The zero-order chi connectivity index (χ0) is 19.7. The Bertz CT molecular complexity index is 1090. The van der Waals surface area contributed by atoms with Crippen molar-refractivity contribution >= 4 is 51.0 Å². The normalized spacial score (nSPS) is 14.1. The molecule has 6 heteroatoms. The quantitative estimate of drug-likeness (QED) is 0.383. The molecule has 3 aromatic carbocycles. The molecule has 28 heavy (non-hydrogen) atoms. The number of hydrogen-bond donors (Lipinski definition) is 0. The summed E-state index contributed by atoms with van der Waals surface area (Å²) in [6, 6.07) is 18.1. The van der Waals surface area contributed by atoms with Crippen LogP contribution in [-0.4, -0.2) is 5.78 Å². The lowest BCUT2D eigenvalue weighted by atomic mass is 10.1. The Balaban J connectivity index is 1.52. The van der Waals surface area contributed by atoms with E-state index >= 15 is 0 Å². The predicted octanol–water partition coefficient (Wildman–Crippen LogP) is 6.95. The molecule has 0 amide bonds. The molecule has 1 heterocycles. The molecular formula is C22H13BrCl2O3. The molecule has 0 atom stereocenters. The highest BCUT2D eigenvalue weighted by Gasteiger charge is 2.28. The molecule has 3 nitrogen and oxygen atoms in total. The minimum Gasteiger partial charge on any atom is -0.489 e. The van der Waals surface area contributed by atoms with E-state index in [1.54, 1.807) is 42.5 Å². The third-order valence-corrected chi connectivity index (χ3v) is 5.30. The van der Waals surface area contributed by atoms with Crippen LogP contribution in [0.4, 0.5) is 0 Å². The van der Waals surface area contributed by atoms with Crippen molar-refractivity contribution in [1.82, 2.24) is 0 Å². The van der Waals surface area contributed by atoms with Gasteiger partial charge in [-0.25, -0.2) is 0 Å². The van der Waals surface area contributed by atoms with Crippen LogP contribution < -0.4 is 9.47 Å². The average Bonchev–Trinajstić information content (AvgIpc) is 2.98. The molecule has 140 valence electrons. The molecule has 1 aliphatic rings. The minimum absolute atomic E-state index is 0.194. The summed E-state index contributed by atoms with van der Waals surface area (Å²) in [7, 11) is 0. The van der Waals surface area contributed by atoms with Crippen molar-refractivity contribution in [3.05, 3.63) is 97.6 Å². The summed E-state index contributed by atoms with van der Waals surface area (Å²) < 4.78 is 12.6. The lowest BCUT2D eigenvalue weighted by Gasteiger charge is -2.07. The van der Waals surface area contributed by atoms with Crippen LogP contribution in [0.1, 0.15) is 21.5 Å². The van der Waals surface area contributed by atoms with Crippen LogP contribution in [0.15, 0.2) is 70.9 Å². The molecular weight excluding hydrogens is 463 g/mol. The zero-order valence-corrected chi connectivity index (χ0v) is 17.5. The summed E-state index contributed by atoms with van der Waals surface area (Å²) in [5.74, 6) is 1.11. The number of benzene rings is 3. The van der Waals surface area contributed by atoms with Crippen LogP contribution in [0.5, 0.6) is 11.5 Å². The third kappa shape index (κ3) is 4.09. The first-order chi connectivity index (χ1) is 13.5. The van der Waals surface area contributed by atoms with Crippen LogP contribution >= 0.6 is 39.1 Å². The highest BCUT2D eigenvalue weighted by Crippen LogP contribution is 2.36. The van der Waals surface area contributed by atoms with Gasteiger partial charge in [-0.2, -0.15) is 0 Å². The van der Waals surface area contributed by atoms with Gasteiger partial charge in [0.25, 0.3) is 0 Å². The molecule has 0 spiro atoms. The third-order valence-electron chi connectivity index (χ3n) is 4.21. The van der Waals surface area contributed by atoms with E-state index in [-0.39, 0.29) is 11.5 Å². The van der Waals surface area contributed by atoms with Gasteiger partial charge in [0.05, 0.1) is 5.56 Å². The zero-order valence-electron chi connectivity index (χ0n) is 14.4. The maximum atomic E-state index is 12.6. The average molecular weight is 476 g/mol. The highest BCUT2D eigenvalue weighted by atomic mass is 79.9. The Morgan fingerprint density at radius 3 is 2.54 bits per heavy atom. The Kier molecular flexibility index (Phi) is 5.44. The van der Waals surface area contributed by atoms with Crippen molar-refractivity contribution < 1.29 is 14.3 Å². The molecule has 0 radical (unpaired) electrons. The molecule has 0 saturated carbocycles. The van der Waals surface area contributed by atoms with Crippen LogP contribution in [0.2, 0.25) is 10.0 Å². The van der Waals surface area contributed by atoms with Crippen LogP contribution in [0.25, 0.3) is 6.08 Å². The van der Waals surface area contributed by atoms with Crippen molar-refractivity contribution in [3.63, 3.8) is 0 Å². The number of rotatable bonds is 4. The highest BCUT2D eigenvalue weighted by molar-refractivity contribution is 9.10. The molecule has 0 fully saturated rings. The summed E-state index contributed by atoms with van der Waals surface area (Å²) >= 11 is 15.5. The molecule has 4 rings (SSSR count). The fourth-order valence-electron chi connectivity index (χ4n) is 2.76. The molecule has 0 bridgehead atoms. The van der Waals surface area contributed by atoms with Crippen molar-refractivity contribution in [3.8, 4) is 11.5 Å². The van der Waals surface area contributed by atoms with Gasteiger partial charge in [0.2, 0.25) is 5.78 Å². The van der Waals surface area contributed by atoms with Gasteiger partial charge in [-0.3, -0.25) is 4.79 Å². The number of allylic oxidation sites excluding steroid dienone is 1. The lowest BCUT2D eigenvalue weighted by Crippen LogP contribution is -1.98. The summed E-state index contributed by atoms with van der Waals surface area (Å²) in [5.41, 5.74) is 2.19. The first kappa shape index (κ1) is 19.1. The number of carbonyl (C=O) groups excluding carboxylic acids is 1. The number of ether oxygens (including phenoxy) is 2. The van der Waals surface area contributed by atoms with E-state index in [0.29, 0.717) is 39.3 Å². The van der Waals surface area contributed by atoms with Gasteiger partial charge >= 0.3 is 0 Å². The fraction of sp³-hybridized carbons (Fsp3) is 0.0455. The summed E-state index contributed by atoms with van der Waals surface area (Å²) in [5, 5.41) is 0.979. The van der Waals surface area contributed by atoms with E-state index in [0.717, 1.165) is 10.0 Å². The van der Waals surface area contributed by atoms with E-state index in [9.17, 15) is 4.79 Å². The lowest BCUT2D eigenvalue weighted by molar-refractivity contribution is 0.101. The van der Waals surface area contributed by atoms with Crippen LogP contribution in [-0.2, 0) is 6.61 Å². The van der Waals surface area contributed by atoms with E-state index in [2.05, 4.69) is 15.9 Å². The summed E-state index contributed by atoms with van der Waals surface area (Å²) in [6.45, 7) is 0.420. The molecule has 3 aromatic rings. The Labute approximate surface area is 180 Å². The molecule has 0 aromatic heterocycles. The van der Waals surface area contributed by atoms with E-state index in [1.165, 1.54) is 0 Å². The Morgan fingerprint density at radius 2 is 1.79 bits per heavy atom. The molecule has 1 aliphatic heterocycles.